The monoisotopic (exact) mass is 297 g/mol. The minimum Gasteiger partial charge on any atom is -0.485 e. The van der Waals surface area contributed by atoms with Crippen molar-refractivity contribution >= 4 is 5.91 Å². The van der Waals surface area contributed by atoms with Crippen molar-refractivity contribution in [2.45, 2.75) is 26.0 Å². The molecule has 1 heterocycles. The van der Waals surface area contributed by atoms with Crippen LogP contribution in [0.25, 0.3) is 0 Å². The van der Waals surface area contributed by atoms with Crippen molar-refractivity contribution in [2.75, 3.05) is 6.61 Å². The van der Waals surface area contributed by atoms with Crippen molar-refractivity contribution in [3.05, 3.63) is 59.7 Å². The van der Waals surface area contributed by atoms with E-state index in [9.17, 15) is 4.79 Å². The zero-order valence-corrected chi connectivity index (χ0v) is 12.7. The number of amides is 1. The molecule has 1 aliphatic heterocycles. The van der Waals surface area contributed by atoms with E-state index in [0.717, 1.165) is 11.1 Å². The van der Waals surface area contributed by atoms with E-state index in [1.165, 1.54) is 0 Å². The first-order chi connectivity index (χ1) is 10.6. The van der Waals surface area contributed by atoms with Crippen LogP contribution in [0.5, 0.6) is 11.5 Å². The van der Waals surface area contributed by atoms with E-state index in [0.29, 0.717) is 11.5 Å². The van der Waals surface area contributed by atoms with E-state index in [1.807, 2.05) is 56.3 Å². The third-order valence-corrected chi connectivity index (χ3v) is 3.81. The number of carbonyl (C=O) groups excluding carboxylic acids is 1. The molecule has 22 heavy (non-hydrogen) atoms. The maximum atomic E-state index is 12.4. The molecule has 1 amide bonds. The van der Waals surface area contributed by atoms with Crippen molar-refractivity contribution in [3.8, 4) is 11.5 Å². The average Bonchev–Trinajstić information content (AvgIpc) is 2.54. The third-order valence-electron chi connectivity index (χ3n) is 3.81. The molecule has 0 aromatic heterocycles. The number of aryl methyl sites for hydroxylation is 1. The molecule has 0 spiro atoms. The van der Waals surface area contributed by atoms with E-state index < -0.39 is 6.10 Å². The summed E-state index contributed by atoms with van der Waals surface area (Å²) >= 11 is 0. The number of hydrogen-bond acceptors (Lipinski definition) is 3. The van der Waals surface area contributed by atoms with Crippen LogP contribution in [0.2, 0.25) is 0 Å². The smallest absolute Gasteiger partial charge is 0.265 e. The number of nitrogens with one attached hydrogen (secondary N) is 1. The third kappa shape index (κ3) is 2.91. The van der Waals surface area contributed by atoms with Crippen LogP contribution in [0, 0.1) is 6.92 Å². The molecule has 1 aliphatic rings. The number of fused-ring (bicyclic) bond motifs is 1. The van der Waals surface area contributed by atoms with Gasteiger partial charge in [0.25, 0.3) is 5.91 Å². The first-order valence-corrected chi connectivity index (χ1v) is 7.39. The van der Waals surface area contributed by atoms with E-state index in [2.05, 4.69) is 5.32 Å². The summed E-state index contributed by atoms with van der Waals surface area (Å²) in [5.41, 5.74) is 2.26. The van der Waals surface area contributed by atoms with Crippen molar-refractivity contribution in [3.63, 3.8) is 0 Å². The summed E-state index contributed by atoms with van der Waals surface area (Å²) in [5, 5.41) is 2.99. The fourth-order valence-electron chi connectivity index (χ4n) is 2.61. The van der Waals surface area contributed by atoms with Gasteiger partial charge in [0.2, 0.25) is 6.10 Å². The molecule has 2 aromatic carbocycles. The lowest BCUT2D eigenvalue weighted by Crippen LogP contribution is -2.44. The predicted molar refractivity (Wildman–Crippen MR) is 84.1 cm³/mol. The Morgan fingerprint density at radius 3 is 2.59 bits per heavy atom. The summed E-state index contributed by atoms with van der Waals surface area (Å²) in [7, 11) is 0. The number of hydrogen-bond donors (Lipinski definition) is 1. The topological polar surface area (TPSA) is 47.6 Å². The number of rotatable bonds is 3. The molecular weight excluding hydrogens is 278 g/mol. The standard InChI is InChI=1S/C18H19NO3/c1-12-7-3-4-8-14(12)13(2)19-18(20)17-11-21-15-9-5-6-10-16(15)22-17/h3-10,13,17H,11H2,1-2H3,(H,19,20). The molecule has 4 heteroatoms. The van der Waals surface area contributed by atoms with Gasteiger partial charge in [-0.05, 0) is 37.1 Å². The molecule has 0 saturated heterocycles. The molecule has 2 atom stereocenters. The molecule has 2 aromatic rings. The van der Waals surface area contributed by atoms with Gasteiger partial charge >= 0.3 is 0 Å². The fraction of sp³-hybridized carbons (Fsp3) is 0.278. The summed E-state index contributed by atoms with van der Waals surface area (Å²) in [6, 6.07) is 15.3. The number of ether oxygens (including phenoxy) is 2. The van der Waals surface area contributed by atoms with Crippen molar-refractivity contribution in [1.82, 2.24) is 5.32 Å². The Morgan fingerprint density at radius 1 is 1.14 bits per heavy atom. The Hall–Kier alpha value is -2.49. The van der Waals surface area contributed by atoms with E-state index in [-0.39, 0.29) is 18.6 Å². The Bertz CT molecular complexity index is 684. The summed E-state index contributed by atoms with van der Waals surface area (Å²) in [6.07, 6.45) is -0.624. The van der Waals surface area contributed by atoms with Gasteiger partial charge in [-0.3, -0.25) is 4.79 Å². The lowest BCUT2D eigenvalue weighted by molar-refractivity contribution is -0.131. The zero-order valence-electron chi connectivity index (χ0n) is 12.7. The largest absolute Gasteiger partial charge is 0.485 e. The van der Waals surface area contributed by atoms with E-state index in [1.54, 1.807) is 6.07 Å². The first kappa shape index (κ1) is 14.4. The van der Waals surface area contributed by atoms with Gasteiger partial charge in [-0.2, -0.15) is 0 Å². The number of para-hydroxylation sites is 2. The van der Waals surface area contributed by atoms with Gasteiger partial charge in [0.1, 0.15) is 6.61 Å². The molecule has 0 aliphatic carbocycles. The van der Waals surface area contributed by atoms with Crippen LogP contribution < -0.4 is 14.8 Å². The minimum absolute atomic E-state index is 0.0746. The second-order valence-corrected chi connectivity index (χ2v) is 5.45. The lowest BCUT2D eigenvalue weighted by atomic mass is 10.0. The van der Waals surface area contributed by atoms with Crippen LogP contribution in [0.15, 0.2) is 48.5 Å². The van der Waals surface area contributed by atoms with Crippen LogP contribution in [-0.4, -0.2) is 18.6 Å². The zero-order chi connectivity index (χ0) is 15.5. The Kier molecular flexibility index (Phi) is 4.00. The Balaban J connectivity index is 1.67. The molecule has 0 fully saturated rings. The highest BCUT2D eigenvalue weighted by Crippen LogP contribution is 2.31. The lowest BCUT2D eigenvalue weighted by Gasteiger charge is -2.27. The molecule has 0 bridgehead atoms. The second-order valence-electron chi connectivity index (χ2n) is 5.45. The van der Waals surface area contributed by atoms with Crippen LogP contribution in [-0.2, 0) is 4.79 Å². The molecule has 1 N–H and O–H groups in total. The molecule has 0 saturated carbocycles. The molecule has 0 radical (unpaired) electrons. The number of benzene rings is 2. The van der Waals surface area contributed by atoms with Gasteiger partial charge < -0.3 is 14.8 Å². The average molecular weight is 297 g/mol. The van der Waals surface area contributed by atoms with Crippen molar-refractivity contribution < 1.29 is 14.3 Å². The summed E-state index contributed by atoms with van der Waals surface area (Å²) in [4.78, 5) is 12.4. The normalized spacial score (nSPS) is 17.6. The highest BCUT2D eigenvalue weighted by molar-refractivity contribution is 5.82. The van der Waals surface area contributed by atoms with Crippen molar-refractivity contribution in [1.29, 1.82) is 0 Å². The molecule has 4 nitrogen and oxygen atoms in total. The second kappa shape index (κ2) is 6.10. The Morgan fingerprint density at radius 2 is 1.82 bits per heavy atom. The van der Waals surface area contributed by atoms with E-state index >= 15 is 0 Å². The summed E-state index contributed by atoms with van der Waals surface area (Å²) in [5.74, 6) is 1.13. The maximum absolute atomic E-state index is 12.4. The van der Waals surface area contributed by atoms with E-state index in [4.69, 9.17) is 9.47 Å². The quantitative estimate of drug-likeness (QED) is 0.947. The predicted octanol–water partition coefficient (Wildman–Crippen LogP) is 3.01. The highest BCUT2D eigenvalue weighted by Gasteiger charge is 2.28. The van der Waals surface area contributed by atoms with Crippen LogP contribution >= 0.6 is 0 Å². The molecule has 114 valence electrons. The highest BCUT2D eigenvalue weighted by atomic mass is 16.6. The molecule has 3 rings (SSSR count). The van der Waals surface area contributed by atoms with Crippen LogP contribution in [0.1, 0.15) is 24.1 Å². The minimum atomic E-state index is -0.624. The maximum Gasteiger partial charge on any atom is 0.265 e. The van der Waals surface area contributed by atoms with Gasteiger partial charge in [-0.1, -0.05) is 36.4 Å². The summed E-state index contributed by atoms with van der Waals surface area (Å²) in [6.45, 7) is 4.23. The number of carbonyl (C=O) groups is 1. The van der Waals surface area contributed by atoms with Gasteiger partial charge in [0.15, 0.2) is 11.5 Å². The van der Waals surface area contributed by atoms with Gasteiger partial charge in [-0.15, -0.1) is 0 Å². The first-order valence-electron chi connectivity index (χ1n) is 7.39. The van der Waals surface area contributed by atoms with Gasteiger partial charge in [0, 0.05) is 0 Å². The SMILES string of the molecule is Cc1ccccc1C(C)NC(=O)C1COc2ccccc2O1. The van der Waals surface area contributed by atoms with Gasteiger partial charge in [0.05, 0.1) is 6.04 Å². The van der Waals surface area contributed by atoms with Crippen LogP contribution in [0.3, 0.4) is 0 Å². The molecular formula is C18H19NO3. The van der Waals surface area contributed by atoms with Crippen molar-refractivity contribution in [2.24, 2.45) is 0 Å². The fourth-order valence-corrected chi connectivity index (χ4v) is 2.61. The molecule has 2 unspecified atom stereocenters. The Labute approximate surface area is 130 Å². The van der Waals surface area contributed by atoms with Crippen LogP contribution in [0.4, 0.5) is 0 Å². The summed E-state index contributed by atoms with van der Waals surface area (Å²) < 4.78 is 11.3. The van der Waals surface area contributed by atoms with Gasteiger partial charge in [-0.25, -0.2) is 0 Å².